The summed E-state index contributed by atoms with van der Waals surface area (Å²) in [4.78, 5) is 11.9. The maximum Gasteiger partial charge on any atom is 0.255 e. The fourth-order valence-electron chi connectivity index (χ4n) is 1.64. The highest BCUT2D eigenvalue weighted by Crippen LogP contribution is 2.20. The second-order valence-electron chi connectivity index (χ2n) is 4.10. The summed E-state index contributed by atoms with van der Waals surface area (Å²) in [6.07, 6.45) is 0. The summed E-state index contributed by atoms with van der Waals surface area (Å²) in [5, 5.41) is 2.51. The van der Waals surface area contributed by atoms with E-state index in [1.54, 1.807) is 19.1 Å². The van der Waals surface area contributed by atoms with Crippen LogP contribution in [0.2, 0.25) is 0 Å². The smallest absolute Gasteiger partial charge is 0.255 e. The lowest BCUT2D eigenvalue weighted by Crippen LogP contribution is -2.12. The summed E-state index contributed by atoms with van der Waals surface area (Å²) in [5.41, 5.74) is 1.15. The van der Waals surface area contributed by atoms with Gasteiger partial charge in [-0.15, -0.1) is 0 Å². The molecule has 1 amide bonds. The number of halogens is 3. The van der Waals surface area contributed by atoms with E-state index >= 15 is 0 Å². The summed E-state index contributed by atoms with van der Waals surface area (Å²) in [7, 11) is 0. The van der Waals surface area contributed by atoms with E-state index in [2.05, 4.69) is 21.2 Å². The molecular weight excluding hydrogens is 316 g/mol. The predicted octanol–water partition coefficient (Wildman–Crippen LogP) is 4.29. The molecule has 0 radical (unpaired) electrons. The SMILES string of the molecule is Cc1cc(F)cc(C(=O)Nc2ccc(Br)c(F)c2)c1. The normalized spacial score (nSPS) is 10.3. The fraction of sp³-hybridized carbons (Fsp3) is 0.0714. The maximum atomic E-state index is 13.3. The zero-order valence-corrected chi connectivity index (χ0v) is 11.6. The van der Waals surface area contributed by atoms with E-state index in [4.69, 9.17) is 0 Å². The minimum atomic E-state index is -0.482. The van der Waals surface area contributed by atoms with Gasteiger partial charge in [0.1, 0.15) is 11.6 Å². The molecular formula is C14H10BrF2NO. The third kappa shape index (κ3) is 3.38. The van der Waals surface area contributed by atoms with Gasteiger partial charge in [-0.2, -0.15) is 0 Å². The van der Waals surface area contributed by atoms with Crippen molar-refractivity contribution in [3.05, 3.63) is 63.6 Å². The number of nitrogens with one attached hydrogen (secondary N) is 1. The Balaban J connectivity index is 2.22. The Labute approximate surface area is 117 Å². The largest absolute Gasteiger partial charge is 0.322 e. The first-order valence-electron chi connectivity index (χ1n) is 5.49. The first-order chi connectivity index (χ1) is 8.95. The van der Waals surface area contributed by atoms with Crippen LogP contribution in [-0.2, 0) is 0 Å². The standard InChI is InChI=1S/C14H10BrF2NO/c1-8-4-9(6-10(16)5-8)14(19)18-11-2-3-12(15)13(17)7-11/h2-7H,1H3,(H,18,19). The lowest BCUT2D eigenvalue weighted by atomic mass is 10.1. The van der Waals surface area contributed by atoms with Gasteiger partial charge in [0.25, 0.3) is 5.91 Å². The van der Waals surface area contributed by atoms with Crippen LogP contribution in [0, 0.1) is 18.6 Å². The van der Waals surface area contributed by atoms with E-state index in [1.807, 2.05) is 0 Å². The van der Waals surface area contributed by atoms with Crippen LogP contribution in [0.1, 0.15) is 15.9 Å². The molecule has 0 spiro atoms. The number of benzene rings is 2. The van der Waals surface area contributed by atoms with E-state index in [-0.39, 0.29) is 5.56 Å². The molecule has 0 aliphatic heterocycles. The molecule has 0 heterocycles. The lowest BCUT2D eigenvalue weighted by Gasteiger charge is -2.07. The van der Waals surface area contributed by atoms with Gasteiger partial charge in [-0.25, -0.2) is 8.78 Å². The van der Waals surface area contributed by atoms with Crippen LogP contribution in [0.25, 0.3) is 0 Å². The summed E-state index contributed by atoms with van der Waals surface area (Å²) < 4.78 is 26.8. The van der Waals surface area contributed by atoms with Crippen molar-refractivity contribution in [1.29, 1.82) is 0 Å². The van der Waals surface area contributed by atoms with Gasteiger partial charge < -0.3 is 5.32 Å². The quantitative estimate of drug-likeness (QED) is 0.876. The van der Waals surface area contributed by atoms with Crippen LogP contribution in [-0.4, -0.2) is 5.91 Å². The van der Waals surface area contributed by atoms with Gasteiger partial charge in [0.2, 0.25) is 0 Å². The molecule has 2 aromatic carbocycles. The van der Waals surface area contributed by atoms with Gasteiger partial charge >= 0.3 is 0 Å². The van der Waals surface area contributed by atoms with Gasteiger partial charge in [0, 0.05) is 11.3 Å². The van der Waals surface area contributed by atoms with Gasteiger partial charge in [-0.3, -0.25) is 4.79 Å². The fourth-order valence-corrected chi connectivity index (χ4v) is 1.89. The van der Waals surface area contributed by atoms with Crippen molar-refractivity contribution in [3.8, 4) is 0 Å². The van der Waals surface area contributed by atoms with Crippen LogP contribution in [0.3, 0.4) is 0 Å². The number of carbonyl (C=O) groups excluding carboxylic acids is 1. The molecule has 0 unspecified atom stereocenters. The Morgan fingerprint density at radius 3 is 2.53 bits per heavy atom. The molecule has 0 bridgehead atoms. The zero-order chi connectivity index (χ0) is 14.0. The van der Waals surface area contributed by atoms with Crippen molar-refractivity contribution in [2.75, 3.05) is 5.32 Å². The van der Waals surface area contributed by atoms with Crippen LogP contribution in [0.5, 0.6) is 0 Å². The van der Waals surface area contributed by atoms with Crippen molar-refractivity contribution >= 4 is 27.5 Å². The Kier molecular flexibility index (Phi) is 3.95. The van der Waals surface area contributed by atoms with Crippen LogP contribution in [0.15, 0.2) is 40.9 Å². The molecule has 98 valence electrons. The molecule has 1 N–H and O–H groups in total. The second kappa shape index (κ2) is 5.48. The van der Waals surface area contributed by atoms with E-state index in [9.17, 15) is 13.6 Å². The number of aryl methyl sites for hydroxylation is 1. The monoisotopic (exact) mass is 325 g/mol. The molecule has 2 nitrogen and oxygen atoms in total. The average Bonchev–Trinajstić information content (AvgIpc) is 2.32. The average molecular weight is 326 g/mol. The third-order valence-corrected chi connectivity index (χ3v) is 3.12. The van der Waals surface area contributed by atoms with Crippen molar-refractivity contribution in [1.82, 2.24) is 0 Å². The predicted molar refractivity (Wildman–Crippen MR) is 73.2 cm³/mol. The minimum absolute atomic E-state index is 0.195. The van der Waals surface area contributed by atoms with Crippen molar-refractivity contribution in [2.24, 2.45) is 0 Å². The van der Waals surface area contributed by atoms with E-state index in [0.717, 1.165) is 6.07 Å². The van der Waals surface area contributed by atoms with Crippen LogP contribution < -0.4 is 5.32 Å². The Bertz CT molecular complexity index is 623. The third-order valence-electron chi connectivity index (χ3n) is 2.48. The van der Waals surface area contributed by atoms with Gasteiger partial charge in [-0.05, 0) is 64.8 Å². The Hall–Kier alpha value is -1.75. The summed E-state index contributed by atoms with van der Waals surface area (Å²) in [6, 6.07) is 8.26. The van der Waals surface area contributed by atoms with Crippen LogP contribution >= 0.6 is 15.9 Å². The first kappa shape index (κ1) is 13.7. The minimum Gasteiger partial charge on any atom is -0.322 e. The second-order valence-corrected chi connectivity index (χ2v) is 4.95. The number of carbonyl (C=O) groups is 1. The van der Waals surface area contributed by atoms with Crippen LogP contribution in [0.4, 0.5) is 14.5 Å². The number of anilines is 1. The molecule has 19 heavy (non-hydrogen) atoms. The topological polar surface area (TPSA) is 29.1 Å². The first-order valence-corrected chi connectivity index (χ1v) is 6.28. The molecule has 5 heteroatoms. The number of hydrogen-bond donors (Lipinski definition) is 1. The molecule has 0 saturated heterocycles. The van der Waals surface area contributed by atoms with E-state index in [1.165, 1.54) is 18.2 Å². The maximum absolute atomic E-state index is 13.3. The molecule has 0 aliphatic rings. The summed E-state index contributed by atoms with van der Waals surface area (Å²) >= 11 is 3.02. The highest BCUT2D eigenvalue weighted by atomic mass is 79.9. The molecule has 0 atom stereocenters. The highest BCUT2D eigenvalue weighted by molar-refractivity contribution is 9.10. The number of hydrogen-bond acceptors (Lipinski definition) is 1. The van der Waals surface area contributed by atoms with Gasteiger partial charge in [0.15, 0.2) is 0 Å². The molecule has 0 fully saturated rings. The lowest BCUT2D eigenvalue weighted by molar-refractivity contribution is 0.102. The van der Waals surface area contributed by atoms with E-state index in [0.29, 0.717) is 15.7 Å². The highest BCUT2D eigenvalue weighted by Gasteiger charge is 2.09. The van der Waals surface area contributed by atoms with Crippen molar-refractivity contribution < 1.29 is 13.6 Å². The Morgan fingerprint density at radius 1 is 1.16 bits per heavy atom. The Morgan fingerprint density at radius 2 is 1.89 bits per heavy atom. The summed E-state index contributed by atoms with van der Waals surface area (Å²) in [5.74, 6) is -1.44. The molecule has 0 aliphatic carbocycles. The van der Waals surface area contributed by atoms with Gasteiger partial charge in [-0.1, -0.05) is 0 Å². The summed E-state index contributed by atoms with van der Waals surface area (Å²) in [6.45, 7) is 1.69. The van der Waals surface area contributed by atoms with E-state index < -0.39 is 17.5 Å². The van der Waals surface area contributed by atoms with Crippen molar-refractivity contribution in [2.45, 2.75) is 6.92 Å². The molecule has 0 saturated carbocycles. The zero-order valence-electron chi connectivity index (χ0n) is 10.0. The molecule has 2 rings (SSSR count). The molecule has 2 aromatic rings. The molecule has 0 aromatic heterocycles. The number of rotatable bonds is 2. The number of amides is 1. The van der Waals surface area contributed by atoms with Crippen molar-refractivity contribution in [3.63, 3.8) is 0 Å². The van der Waals surface area contributed by atoms with Gasteiger partial charge in [0.05, 0.1) is 4.47 Å².